The van der Waals surface area contributed by atoms with Crippen molar-refractivity contribution in [1.82, 2.24) is 4.98 Å². The molecule has 1 aliphatic carbocycles. The number of nitrogens with one attached hydrogen (secondary N) is 2. The smallest absolute Gasteiger partial charge is 0.168 e. The predicted octanol–water partition coefficient (Wildman–Crippen LogP) is 2.61. The van der Waals surface area contributed by atoms with Gasteiger partial charge in [0.2, 0.25) is 0 Å². The highest BCUT2D eigenvalue weighted by atomic mass is 19.1. The molecular formula is C14H21F2N3O. The third kappa shape index (κ3) is 3.36. The number of halogens is 2. The fourth-order valence-electron chi connectivity index (χ4n) is 2.79. The molecule has 1 fully saturated rings. The zero-order valence-corrected chi connectivity index (χ0v) is 11.6. The van der Waals surface area contributed by atoms with Crippen molar-refractivity contribution >= 4 is 11.6 Å². The first-order valence-electron chi connectivity index (χ1n) is 7.04. The molecule has 0 spiro atoms. The van der Waals surface area contributed by atoms with Crippen LogP contribution in [0.4, 0.5) is 20.4 Å². The predicted molar refractivity (Wildman–Crippen MR) is 74.7 cm³/mol. The monoisotopic (exact) mass is 285 g/mol. The van der Waals surface area contributed by atoms with Crippen molar-refractivity contribution in [3.05, 3.63) is 17.7 Å². The summed E-state index contributed by atoms with van der Waals surface area (Å²) in [5.74, 6) is -0.768. The molecule has 1 saturated carbocycles. The van der Waals surface area contributed by atoms with E-state index in [1.54, 1.807) is 0 Å². The summed E-state index contributed by atoms with van der Waals surface area (Å²) in [5, 5.41) is 14.9. The summed E-state index contributed by atoms with van der Waals surface area (Å²) in [6.45, 7) is 0.706. The first-order chi connectivity index (χ1) is 9.65. The van der Waals surface area contributed by atoms with Crippen LogP contribution < -0.4 is 10.6 Å². The Labute approximate surface area is 117 Å². The number of aromatic nitrogens is 1. The van der Waals surface area contributed by atoms with Gasteiger partial charge in [-0.05, 0) is 24.7 Å². The second kappa shape index (κ2) is 6.83. The Kier molecular flexibility index (Phi) is 5.11. The summed E-state index contributed by atoms with van der Waals surface area (Å²) in [6, 6.07) is 0.825. The highest BCUT2D eigenvalue weighted by molar-refractivity contribution is 5.47. The zero-order valence-electron chi connectivity index (χ0n) is 11.6. The van der Waals surface area contributed by atoms with Gasteiger partial charge in [0.1, 0.15) is 0 Å². The van der Waals surface area contributed by atoms with Crippen LogP contribution in [0.1, 0.15) is 25.7 Å². The Morgan fingerprint density at radius 3 is 2.50 bits per heavy atom. The Morgan fingerprint density at radius 1 is 1.20 bits per heavy atom. The number of aliphatic hydroxyl groups excluding tert-OH is 1. The van der Waals surface area contributed by atoms with Crippen molar-refractivity contribution < 1.29 is 13.9 Å². The zero-order chi connectivity index (χ0) is 14.5. The van der Waals surface area contributed by atoms with E-state index in [4.69, 9.17) is 0 Å². The largest absolute Gasteiger partial charge is 0.396 e. The van der Waals surface area contributed by atoms with Crippen LogP contribution in [0.5, 0.6) is 0 Å². The van der Waals surface area contributed by atoms with Crippen LogP contribution in [0.15, 0.2) is 6.07 Å². The van der Waals surface area contributed by atoms with E-state index in [1.807, 2.05) is 0 Å². The minimum absolute atomic E-state index is 0.0243. The van der Waals surface area contributed by atoms with Gasteiger partial charge in [0.25, 0.3) is 0 Å². The summed E-state index contributed by atoms with van der Waals surface area (Å²) in [5.41, 5.74) is 0. The first kappa shape index (κ1) is 15.0. The normalized spacial score (nSPS) is 22.6. The van der Waals surface area contributed by atoms with E-state index in [9.17, 15) is 13.9 Å². The number of hydrogen-bond donors (Lipinski definition) is 3. The van der Waals surface area contributed by atoms with E-state index in [1.165, 1.54) is 7.05 Å². The van der Waals surface area contributed by atoms with Crippen LogP contribution in [-0.4, -0.2) is 30.3 Å². The van der Waals surface area contributed by atoms with Crippen molar-refractivity contribution in [2.45, 2.75) is 25.7 Å². The molecule has 2 atom stereocenters. The SMILES string of the molecule is CNc1nc(NCC2CCCCC2CO)c(F)cc1F. The van der Waals surface area contributed by atoms with Gasteiger partial charge in [0, 0.05) is 26.3 Å². The summed E-state index contributed by atoms with van der Waals surface area (Å²) < 4.78 is 27.0. The number of hydrogen-bond acceptors (Lipinski definition) is 4. The third-order valence-corrected chi connectivity index (χ3v) is 4.00. The van der Waals surface area contributed by atoms with E-state index in [0.717, 1.165) is 31.7 Å². The van der Waals surface area contributed by atoms with E-state index in [2.05, 4.69) is 15.6 Å². The quantitative estimate of drug-likeness (QED) is 0.778. The molecule has 0 amide bonds. The Bertz CT molecular complexity index is 456. The number of anilines is 2. The van der Waals surface area contributed by atoms with Crippen molar-refractivity contribution in [1.29, 1.82) is 0 Å². The van der Waals surface area contributed by atoms with Crippen LogP contribution in [-0.2, 0) is 0 Å². The molecule has 2 unspecified atom stereocenters. The van der Waals surface area contributed by atoms with Gasteiger partial charge in [0.05, 0.1) is 0 Å². The molecule has 1 aromatic heterocycles. The van der Waals surface area contributed by atoms with Crippen LogP contribution >= 0.6 is 0 Å². The maximum absolute atomic E-state index is 13.7. The maximum Gasteiger partial charge on any atom is 0.168 e. The van der Waals surface area contributed by atoms with Gasteiger partial charge < -0.3 is 15.7 Å². The highest BCUT2D eigenvalue weighted by Crippen LogP contribution is 2.30. The van der Waals surface area contributed by atoms with E-state index >= 15 is 0 Å². The number of rotatable bonds is 5. The minimum Gasteiger partial charge on any atom is -0.396 e. The van der Waals surface area contributed by atoms with E-state index < -0.39 is 11.6 Å². The lowest BCUT2D eigenvalue weighted by Gasteiger charge is -2.30. The molecule has 3 N–H and O–H groups in total. The summed E-state index contributed by atoms with van der Waals surface area (Å²) >= 11 is 0. The molecule has 0 radical (unpaired) electrons. The lowest BCUT2D eigenvalue weighted by Crippen LogP contribution is -2.29. The second-order valence-electron chi connectivity index (χ2n) is 5.27. The van der Waals surface area contributed by atoms with Gasteiger partial charge in [-0.1, -0.05) is 12.8 Å². The Hall–Kier alpha value is -1.43. The molecule has 0 bridgehead atoms. The van der Waals surface area contributed by atoms with E-state index in [-0.39, 0.29) is 24.2 Å². The molecule has 0 saturated heterocycles. The first-order valence-corrected chi connectivity index (χ1v) is 7.04. The minimum atomic E-state index is -0.707. The van der Waals surface area contributed by atoms with Gasteiger partial charge in [-0.25, -0.2) is 13.8 Å². The van der Waals surface area contributed by atoms with Gasteiger partial charge in [-0.3, -0.25) is 0 Å². The third-order valence-electron chi connectivity index (χ3n) is 4.00. The van der Waals surface area contributed by atoms with Crippen molar-refractivity contribution in [3.63, 3.8) is 0 Å². The molecular weight excluding hydrogens is 264 g/mol. The average molecular weight is 285 g/mol. The number of pyridine rings is 1. The molecule has 4 nitrogen and oxygen atoms in total. The van der Waals surface area contributed by atoms with Crippen LogP contribution in [0.25, 0.3) is 0 Å². The second-order valence-corrected chi connectivity index (χ2v) is 5.27. The number of aliphatic hydroxyl groups is 1. The average Bonchev–Trinajstić information content (AvgIpc) is 2.46. The van der Waals surface area contributed by atoms with Crippen LogP contribution in [0, 0.1) is 23.5 Å². The molecule has 0 aromatic carbocycles. The standard InChI is InChI=1S/C14H21F2N3O/c1-17-13-11(15)6-12(16)14(19-13)18-7-9-4-2-3-5-10(9)8-20/h6,9-10,20H,2-5,7-8H2,1H3,(H2,17,18,19). The molecule has 0 aliphatic heterocycles. The van der Waals surface area contributed by atoms with Crippen molar-refractivity contribution in [2.75, 3.05) is 30.8 Å². The Morgan fingerprint density at radius 2 is 1.85 bits per heavy atom. The maximum atomic E-state index is 13.7. The van der Waals surface area contributed by atoms with E-state index in [0.29, 0.717) is 12.5 Å². The fourth-order valence-corrected chi connectivity index (χ4v) is 2.79. The van der Waals surface area contributed by atoms with Crippen molar-refractivity contribution in [3.8, 4) is 0 Å². The molecule has 1 aromatic rings. The summed E-state index contributed by atoms with van der Waals surface area (Å²) in [7, 11) is 1.54. The molecule has 2 rings (SSSR count). The highest BCUT2D eigenvalue weighted by Gasteiger charge is 2.24. The van der Waals surface area contributed by atoms with Gasteiger partial charge in [-0.2, -0.15) is 0 Å². The molecule has 6 heteroatoms. The molecule has 112 valence electrons. The van der Waals surface area contributed by atoms with Gasteiger partial charge in [0.15, 0.2) is 23.3 Å². The topological polar surface area (TPSA) is 57.2 Å². The Balaban J connectivity index is 2.02. The summed E-state index contributed by atoms with van der Waals surface area (Å²) in [6.07, 6.45) is 4.28. The lowest BCUT2D eigenvalue weighted by molar-refractivity contribution is 0.141. The fraction of sp³-hybridized carbons (Fsp3) is 0.643. The number of nitrogens with zero attached hydrogens (tertiary/aromatic N) is 1. The van der Waals surface area contributed by atoms with Gasteiger partial charge >= 0.3 is 0 Å². The van der Waals surface area contributed by atoms with Gasteiger partial charge in [-0.15, -0.1) is 0 Å². The molecule has 1 heterocycles. The molecule has 20 heavy (non-hydrogen) atoms. The van der Waals surface area contributed by atoms with Crippen molar-refractivity contribution in [2.24, 2.45) is 11.8 Å². The summed E-state index contributed by atoms with van der Waals surface area (Å²) in [4.78, 5) is 3.89. The van der Waals surface area contributed by atoms with Crippen LogP contribution in [0.2, 0.25) is 0 Å². The lowest BCUT2D eigenvalue weighted by atomic mass is 9.79. The molecule has 1 aliphatic rings. The van der Waals surface area contributed by atoms with Crippen LogP contribution in [0.3, 0.4) is 0 Å².